The normalized spacial score (nSPS) is 10.4. The highest BCUT2D eigenvalue weighted by Gasteiger charge is 2.16. The molecule has 0 aromatic heterocycles. The van der Waals surface area contributed by atoms with Gasteiger partial charge in [-0.15, -0.1) is 0 Å². The quantitative estimate of drug-likeness (QED) is 0.859. The molecular weight excluding hydrogens is 244 g/mol. The minimum absolute atomic E-state index is 0.0448. The van der Waals surface area contributed by atoms with Crippen LogP contribution in [0.15, 0.2) is 30.3 Å². The molecule has 0 saturated heterocycles. The fourth-order valence-electron chi connectivity index (χ4n) is 1.74. The molecule has 0 aliphatic rings. The van der Waals surface area contributed by atoms with Crippen LogP contribution < -0.4 is 0 Å². The van der Waals surface area contributed by atoms with Crippen molar-refractivity contribution in [3.8, 4) is 0 Å². The van der Waals surface area contributed by atoms with E-state index < -0.39 is 11.9 Å². The Hall–Kier alpha value is -2.07. The summed E-state index contributed by atoms with van der Waals surface area (Å²) in [5.74, 6) is -2.37. The van der Waals surface area contributed by atoms with Crippen LogP contribution in [-0.4, -0.2) is 22.2 Å². The molecule has 4 nitrogen and oxygen atoms in total. The van der Waals surface area contributed by atoms with E-state index in [0.29, 0.717) is 5.39 Å². The SMILES string of the molecule is O=C(O)c1cccc2cc(Cl)cc(C(=O)O)c12. The number of benzene rings is 2. The first-order valence-electron chi connectivity index (χ1n) is 4.69. The number of carboxylic acids is 2. The summed E-state index contributed by atoms with van der Waals surface area (Å²) in [6.45, 7) is 0. The maximum absolute atomic E-state index is 11.1. The molecule has 2 aromatic carbocycles. The molecule has 2 N–H and O–H groups in total. The zero-order valence-electron chi connectivity index (χ0n) is 8.48. The van der Waals surface area contributed by atoms with Gasteiger partial charge in [0.1, 0.15) is 0 Å². The summed E-state index contributed by atoms with van der Waals surface area (Å²) in [6.07, 6.45) is 0. The van der Waals surface area contributed by atoms with Gasteiger partial charge in [-0.2, -0.15) is 0 Å². The van der Waals surface area contributed by atoms with Gasteiger partial charge in [0, 0.05) is 10.4 Å². The minimum Gasteiger partial charge on any atom is -0.478 e. The molecule has 0 heterocycles. The van der Waals surface area contributed by atoms with Crippen LogP contribution >= 0.6 is 11.6 Å². The second kappa shape index (κ2) is 4.07. The molecule has 0 saturated carbocycles. The molecule has 0 atom stereocenters. The van der Waals surface area contributed by atoms with Crippen molar-refractivity contribution in [3.63, 3.8) is 0 Å². The van der Waals surface area contributed by atoms with Gasteiger partial charge in [0.25, 0.3) is 0 Å². The van der Waals surface area contributed by atoms with Crippen molar-refractivity contribution in [1.82, 2.24) is 0 Å². The monoisotopic (exact) mass is 250 g/mol. The highest BCUT2D eigenvalue weighted by atomic mass is 35.5. The first kappa shape index (κ1) is 11.4. The van der Waals surface area contributed by atoms with Crippen LogP contribution in [0.25, 0.3) is 10.8 Å². The van der Waals surface area contributed by atoms with Gasteiger partial charge in [0.05, 0.1) is 11.1 Å². The van der Waals surface area contributed by atoms with E-state index in [0.717, 1.165) is 0 Å². The molecule has 0 aliphatic heterocycles. The summed E-state index contributed by atoms with van der Waals surface area (Å²) in [6, 6.07) is 7.33. The van der Waals surface area contributed by atoms with Gasteiger partial charge in [-0.05, 0) is 23.6 Å². The van der Waals surface area contributed by atoms with E-state index in [9.17, 15) is 9.59 Å². The number of hydrogen-bond donors (Lipinski definition) is 2. The van der Waals surface area contributed by atoms with Crippen molar-refractivity contribution in [3.05, 3.63) is 46.5 Å². The lowest BCUT2D eigenvalue weighted by atomic mass is 9.99. The maximum Gasteiger partial charge on any atom is 0.336 e. The van der Waals surface area contributed by atoms with Crippen LogP contribution in [0.4, 0.5) is 0 Å². The van der Waals surface area contributed by atoms with Crippen LogP contribution in [0.2, 0.25) is 5.02 Å². The average molecular weight is 251 g/mol. The third-order valence-electron chi connectivity index (χ3n) is 2.40. The minimum atomic E-state index is -1.20. The standard InChI is InChI=1S/C12H7ClO4/c13-7-4-6-2-1-3-8(11(14)15)10(6)9(5-7)12(16)17/h1-5H,(H,14,15)(H,16,17). The molecule has 17 heavy (non-hydrogen) atoms. The molecule has 0 radical (unpaired) electrons. The smallest absolute Gasteiger partial charge is 0.336 e. The summed E-state index contributed by atoms with van der Waals surface area (Å²) >= 11 is 5.79. The molecule has 86 valence electrons. The number of rotatable bonds is 2. The highest BCUT2D eigenvalue weighted by molar-refractivity contribution is 6.32. The lowest BCUT2D eigenvalue weighted by Crippen LogP contribution is -2.04. The number of carboxylic acid groups (broad SMARTS) is 2. The van der Waals surface area contributed by atoms with Gasteiger partial charge >= 0.3 is 11.9 Å². The third-order valence-corrected chi connectivity index (χ3v) is 2.62. The Bertz CT molecular complexity index is 634. The van der Waals surface area contributed by atoms with Crippen molar-refractivity contribution >= 4 is 34.3 Å². The van der Waals surface area contributed by atoms with Crippen LogP contribution in [0.3, 0.4) is 0 Å². The van der Waals surface area contributed by atoms with Crippen LogP contribution in [0, 0.1) is 0 Å². The van der Waals surface area contributed by atoms with Gasteiger partial charge in [-0.1, -0.05) is 23.7 Å². The van der Waals surface area contributed by atoms with E-state index in [1.54, 1.807) is 12.1 Å². The van der Waals surface area contributed by atoms with E-state index in [4.69, 9.17) is 21.8 Å². The molecule has 0 unspecified atom stereocenters. The highest BCUT2D eigenvalue weighted by Crippen LogP contribution is 2.27. The second-order valence-corrected chi connectivity index (χ2v) is 3.90. The molecule has 0 aliphatic carbocycles. The first-order valence-corrected chi connectivity index (χ1v) is 5.07. The Morgan fingerprint density at radius 1 is 1.00 bits per heavy atom. The molecule has 2 rings (SSSR count). The van der Waals surface area contributed by atoms with Gasteiger partial charge in [-0.3, -0.25) is 0 Å². The fraction of sp³-hybridized carbons (Fsp3) is 0. The van der Waals surface area contributed by atoms with E-state index in [-0.39, 0.29) is 21.5 Å². The zero-order chi connectivity index (χ0) is 12.6. The van der Waals surface area contributed by atoms with E-state index >= 15 is 0 Å². The van der Waals surface area contributed by atoms with E-state index in [2.05, 4.69) is 0 Å². The van der Waals surface area contributed by atoms with Crippen molar-refractivity contribution < 1.29 is 19.8 Å². The Labute approximate surface area is 101 Å². The largest absolute Gasteiger partial charge is 0.478 e. The van der Waals surface area contributed by atoms with Crippen LogP contribution in [0.5, 0.6) is 0 Å². The third kappa shape index (κ3) is 1.94. The maximum atomic E-state index is 11.1. The number of fused-ring (bicyclic) bond motifs is 1. The van der Waals surface area contributed by atoms with Gasteiger partial charge in [-0.25, -0.2) is 9.59 Å². The van der Waals surface area contributed by atoms with Crippen LogP contribution in [0.1, 0.15) is 20.7 Å². The molecule has 5 heteroatoms. The Balaban J connectivity index is 2.96. The predicted octanol–water partition coefficient (Wildman–Crippen LogP) is 2.89. The van der Waals surface area contributed by atoms with E-state index in [1.807, 2.05) is 0 Å². The number of hydrogen-bond acceptors (Lipinski definition) is 2. The topological polar surface area (TPSA) is 74.6 Å². The van der Waals surface area contributed by atoms with Crippen molar-refractivity contribution in [2.75, 3.05) is 0 Å². The second-order valence-electron chi connectivity index (χ2n) is 3.47. The molecule has 0 bridgehead atoms. The predicted molar refractivity (Wildman–Crippen MR) is 62.9 cm³/mol. The zero-order valence-corrected chi connectivity index (χ0v) is 9.23. The lowest BCUT2D eigenvalue weighted by molar-refractivity contribution is 0.0695. The summed E-state index contributed by atoms with van der Waals surface area (Å²) in [5, 5.41) is 19.0. The molecule has 0 fully saturated rings. The lowest BCUT2D eigenvalue weighted by Gasteiger charge is -2.06. The fourth-order valence-corrected chi connectivity index (χ4v) is 1.96. The molecular formula is C12H7ClO4. The summed E-state index contributed by atoms with van der Waals surface area (Å²) in [4.78, 5) is 22.1. The van der Waals surface area contributed by atoms with Gasteiger partial charge in [0.2, 0.25) is 0 Å². The Kier molecular flexibility index (Phi) is 2.73. The summed E-state index contributed by atoms with van der Waals surface area (Å²) in [7, 11) is 0. The molecule has 0 amide bonds. The van der Waals surface area contributed by atoms with Crippen LogP contribution in [-0.2, 0) is 0 Å². The van der Waals surface area contributed by atoms with E-state index in [1.165, 1.54) is 18.2 Å². The Morgan fingerprint density at radius 3 is 2.24 bits per heavy atom. The first-order chi connectivity index (χ1) is 8.00. The summed E-state index contributed by atoms with van der Waals surface area (Å²) in [5.41, 5.74) is -0.151. The van der Waals surface area contributed by atoms with Gasteiger partial charge < -0.3 is 10.2 Å². The molecule has 0 spiro atoms. The van der Waals surface area contributed by atoms with Crippen molar-refractivity contribution in [1.29, 1.82) is 0 Å². The van der Waals surface area contributed by atoms with Crippen molar-refractivity contribution in [2.24, 2.45) is 0 Å². The average Bonchev–Trinajstić information content (AvgIpc) is 2.26. The van der Waals surface area contributed by atoms with Crippen molar-refractivity contribution in [2.45, 2.75) is 0 Å². The number of aromatic carboxylic acids is 2. The molecule has 2 aromatic rings. The van der Waals surface area contributed by atoms with Gasteiger partial charge in [0.15, 0.2) is 0 Å². The number of carbonyl (C=O) groups is 2. The Morgan fingerprint density at radius 2 is 1.65 bits per heavy atom. The summed E-state index contributed by atoms with van der Waals surface area (Å²) < 4.78 is 0. The number of halogens is 1.